The van der Waals surface area contributed by atoms with E-state index in [2.05, 4.69) is 31.1 Å². The molecule has 4 fully saturated rings. The SMILES string of the molecule is C[C@H]1CC[C@]2(C)C3CC[C@]4(C)[C@@H](C(=O)Cn5nnc6ccccc65)CC[C@H]4[C@@H]3CC[C@H]2C1. The summed E-state index contributed by atoms with van der Waals surface area (Å²) in [4.78, 5) is 13.6. The van der Waals surface area contributed by atoms with Crippen LogP contribution in [0.2, 0.25) is 0 Å². The number of rotatable bonds is 3. The van der Waals surface area contributed by atoms with Crippen LogP contribution in [0, 0.1) is 46.3 Å². The maximum Gasteiger partial charge on any atom is 0.157 e. The number of hydrogen-bond donors (Lipinski definition) is 0. The van der Waals surface area contributed by atoms with Crippen LogP contribution in [0.15, 0.2) is 24.3 Å². The maximum absolute atomic E-state index is 13.6. The van der Waals surface area contributed by atoms with Crippen molar-refractivity contribution in [1.82, 2.24) is 15.0 Å². The highest BCUT2D eigenvalue weighted by molar-refractivity contribution is 5.84. The zero-order valence-corrected chi connectivity index (χ0v) is 20.1. The van der Waals surface area contributed by atoms with Crippen LogP contribution in [0.25, 0.3) is 11.0 Å². The first kappa shape index (κ1) is 20.9. The Morgan fingerprint density at radius 1 is 1.00 bits per heavy atom. The number of para-hydroxylation sites is 1. The molecule has 4 aliphatic rings. The third-order valence-corrected chi connectivity index (χ3v) is 11.0. The predicted molar refractivity (Wildman–Crippen MR) is 127 cm³/mol. The van der Waals surface area contributed by atoms with Gasteiger partial charge in [0, 0.05) is 5.92 Å². The molecule has 0 amide bonds. The second kappa shape index (κ2) is 7.40. The van der Waals surface area contributed by atoms with E-state index in [1.165, 1.54) is 51.4 Å². The van der Waals surface area contributed by atoms with E-state index in [0.29, 0.717) is 17.7 Å². The fourth-order valence-electron chi connectivity index (χ4n) is 9.29. The Morgan fingerprint density at radius 2 is 1.78 bits per heavy atom. The number of Topliss-reactive ketones (excluding diaryl/α,β-unsaturated/α-hetero) is 1. The lowest BCUT2D eigenvalue weighted by atomic mass is 9.44. The molecule has 0 spiro atoms. The third kappa shape index (κ3) is 2.97. The number of benzene rings is 1. The molecule has 4 aliphatic carbocycles. The lowest BCUT2D eigenvalue weighted by Crippen LogP contribution is -2.53. The molecule has 1 aromatic heterocycles. The number of nitrogens with zero attached hydrogens (tertiary/aromatic N) is 3. The molecule has 6 rings (SSSR count). The Bertz CT molecular complexity index is 1030. The average Bonchev–Trinajstić information content (AvgIpc) is 3.35. The van der Waals surface area contributed by atoms with Crippen molar-refractivity contribution in [1.29, 1.82) is 0 Å². The van der Waals surface area contributed by atoms with Crippen LogP contribution in [0.3, 0.4) is 0 Å². The molecule has 4 saturated carbocycles. The second-order valence-corrected chi connectivity index (χ2v) is 12.4. The molecule has 4 heteroatoms. The van der Waals surface area contributed by atoms with E-state index in [9.17, 15) is 4.79 Å². The van der Waals surface area contributed by atoms with Crippen molar-refractivity contribution in [3.05, 3.63) is 24.3 Å². The van der Waals surface area contributed by atoms with Crippen LogP contribution in [-0.4, -0.2) is 20.8 Å². The quantitative estimate of drug-likeness (QED) is 0.571. The molecular weight excluding hydrogens is 394 g/mol. The van der Waals surface area contributed by atoms with Crippen LogP contribution in [0.4, 0.5) is 0 Å². The van der Waals surface area contributed by atoms with E-state index in [4.69, 9.17) is 0 Å². The molecule has 0 saturated heterocycles. The standard InChI is InChI=1S/C28H39N3O/c1-18-12-14-27(2)19(16-18)8-9-20-21-10-11-23(28(21,3)15-13-22(20)27)26(32)17-31-25-7-5-4-6-24(25)29-30-31/h4-7,18-23H,8-17H2,1-3H3/t18-,19-,20-,21-,22?,23+,27-,28-/m0/s1. The molecule has 0 radical (unpaired) electrons. The molecule has 0 bridgehead atoms. The van der Waals surface area contributed by atoms with Gasteiger partial charge in [0.05, 0.1) is 5.52 Å². The summed E-state index contributed by atoms with van der Waals surface area (Å²) in [5, 5.41) is 8.57. The van der Waals surface area contributed by atoms with Crippen molar-refractivity contribution in [3.63, 3.8) is 0 Å². The van der Waals surface area contributed by atoms with Gasteiger partial charge in [-0.05, 0) is 104 Å². The number of carbonyl (C=O) groups is 1. The van der Waals surface area contributed by atoms with E-state index in [1.807, 2.05) is 28.9 Å². The molecular formula is C28H39N3O. The zero-order chi connectivity index (χ0) is 22.1. The number of hydrogen-bond acceptors (Lipinski definition) is 3. The third-order valence-electron chi connectivity index (χ3n) is 11.0. The fourth-order valence-corrected chi connectivity index (χ4v) is 9.29. The Hall–Kier alpha value is -1.71. The Kier molecular flexibility index (Phi) is 4.82. The van der Waals surface area contributed by atoms with Crippen molar-refractivity contribution in [2.24, 2.45) is 46.3 Å². The summed E-state index contributed by atoms with van der Waals surface area (Å²) < 4.78 is 1.83. The summed E-state index contributed by atoms with van der Waals surface area (Å²) in [6.07, 6.45) is 12.1. The van der Waals surface area contributed by atoms with Gasteiger partial charge in [-0.1, -0.05) is 44.5 Å². The van der Waals surface area contributed by atoms with Gasteiger partial charge in [-0.3, -0.25) is 4.79 Å². The van der Waals surface area contributed by atoms with Crippen molar-refractivity contribution in [3.8, 4) is 0 Å². The Balaban J connectivity index is 1.22. The molecule has 2 aromatic rings. The number of aromatic nitrogens is 3. The average molecular weight is 434 g/mol. The molecule has 1 unspecified atom stereocenters. The van der Waals surface area contributed by atoms with Crippen LogP contribution in [-0.2, 0) is 11.3 Å². The maximum atomic E-state index is 13.6. The highest BCUT2D eigenvalue weighted by atomic mass is 16.1. The van der Waals surface area contributed by atoms with Gasteiger partial charge < -0.3 is 0 Å². The molecule has 32 heavy (non-hydrogen) atoms. The fraction of sp³-hybridized carbons (Fsp3) is 0.750. The number of carbonyl (C=O) groups excluding carboxylic acids is 1. The summed E-state index contributed by atoms with van der Waals surface area (Å²) in [5.41, 5.74) is 2.59. The lowest BCUT2D eigenvalue weighted by Gasteiger charge is -2.61. The molecule has 1 aromatic carbocycles. The zero-order valence-electron chi connectivity index (χ0n) is 20.1. The summed E-state index contributed by atoms with van der Waals surface area (Å²) in [7, 11) is 0. The normalized spacial score (nSPS) is 43.5. The largest absolute Gasteiger partial charge is 0.297 e. The first-order valence-electron chi connectivity index (χ1n) is 13.2. The first-order chi connectivity index (χ1) is 15.4. The molecule has 4 nitrogen and oxygen atoms in total. The summed E-state index contributed by atoms with van der Waals surface area (Å²) in [6.45, 7) is 7.96. The van der Waals surface area contributed by atoms with Crippen molar-refractivity contribution >= 4 is 16.8 Å². The topological polar surface area (TPSA) is 47.8 Å². The van der Waals surface area contributed by atoms with Gasteiger partial charge in [0.25, 0.3) is 0 Å². The summed E-state index contributed by atoms with van der Waals surface area (Å²) >= 11 is 0. The van der Waals surface area contributed by atoms with Gasteiger partial charge in [-0.25, -0.2) is 4.68 Å². The summed E-state index contributed by atoms with van der Waals surface area (Å²) in [6, 6.07) is 7.98. The van der Waals surface area contributed by atoms with Gasteiger partial charge in [-0.2, -0.15) is 0 Å². The molecule has 1 heterocycles. The monoisotopic (exact) mass is 433 g/mol. The van der Waals surface area contributed by atoms with Gasteiger partial charge in [-0.15, -0.1) is 5.10 Å². The van der Waals surface area contributed by atoms with Crippen LogP contribution < -0.4 is 0 Å². The Morgan fingerprint density at radius 3 is 2.66 bits per heavy atom. The summed E-state index contributed by atoms with van der Waals surface area (Å²) in [5.74, 6) is 4.90. The van der Waals surface area contributed by atoms with E-state index in [1.54, 1.807) is 0 Å². The van der Waals surface area contributed by atoms with Crippen LogP contribution >= 0.6 is 0 Å². The lowest BCUT2D eigenvalue weighted by molar-refractivity contribution is -0.137. The first-order valence-corrected chi connectivity index (χ1v) is 13.2. The van der Waals surface area contributed by atoms with Crippen LogP contribution in [0.1, 0.15) is 78.6 Å². The van der Waals surface area contributed by atoms with Gasteiger partial charge in [0.1, 0.15) is 12.1 Å². The molecule has 0 N–H and O–H groups in total. The number of ketones is 1. The minimum atomic E-state index is 0.180. The number of fused-ring (bicyclic) bond motifs is 6. The smallest absolute Gasteiger partial charge is 0.157 e. The molecule has 8 atom stereocenters. The van der Waals surface area contributed by atoms with Gasteiger partial charge in [0.2, 0.25) is 0 Å². The van der Waals surface area contributed by atoms with Crippen molar-refractivity contribution < 1.29 is 4.79 Å². The van der Waals surface area contributed by atoms with E-state index in [0.717, 1.165) is 47.0 Å². The van der Waals surface area contributed by atoms with E-state index in [-0.39, 0.29) is 11.3 Å². The van der Waals surface area contributed by atoms with Crippen LogP contribution in [0.5, 0.6) is 0 Å². The van der Waals surface area contributed by atoms with Gasteiger partial charge >= 0.3 is 0 Å². The minimum Gasteiger partial charge on any atom is -0.297 e. The highest BCUT2D eigenvalue weighted by Crippen LogP contribution is 2.67. The molecule has 172 valence electrons. The second-order valence-electron chi connectivity index (χ2n) is 12.4. The highest BCUT2D eigenvalue weighted by Gasteiger charge is 2.60. The van der Waals surface area contributed by atoms with Crippen molar-refractivity contribution in [2.75, 3.05) is 0 Å². The predicted octanol–water partition coefficient (Wildman–Crippen LogP) is 6.30. The van der Waals surface area contributed by atoms with Gasteiger partial charge in [0.15, 0.2) is 5.78 Å². The van der Waals surface area contributed by atoms with E-state index < -0.39 is 0 Å². The van der Waals surface area contributed by atoms with E-state index >= 15 is 0 Å². The minimum absolute atomic E-state index is 0.180. The molecule has 0 aliphatic heterocycles. The Labute approximate surface area is 192 Å². The van der Waals surface area contributed by atoms with Crippen molar-refractivity contribution in [2.45, 2.75) is 85.1 Å².